The second kappa shape index (κ2) is 5.50. The topological polar surface area (TPSA) is 17.1 Å². The summed E-state index contributed by atoms with van der Waals surface area (Å²) in [6.45, 7) is 3.77. The van der Waals surface area contributed by atoms with Gasteiger partial charge in [-0.15, -0.1) is 0 Å². The molecule has 1 nitrogen and oxygen atoms in total. The minimum absolute atomic E-state index is 0.0515. The first-order valence-corrected chi connectivity index (χ1v) is 5.61. The number of alkyl halides is 3. The van der Waals surface area contributed by atoms with Crippen LogP contribution < -0.4 is 0 Å². The van der Waals surface area contributed by atoms with Crippen LogP contribution in [0.2, 0.25) is 0 Å². The van der Waals surface area contributed by atoms with Crippen LogP contribution in [0.1, 0.15) is 42.6 Å². The third-order valence-electron chi connectivity index (χ3n) is 2.54. The Labute approximate surface area is 103 Å². The number of hydrogen-bond acceptors (Lipinski definition) is 1. The molecule has 0 aromatic heterocycles. The van der Waals surface area contributed by atoms with Crippen LogP contribution in [-0.4, -0.2) is 5.78 Å². The molecule has 0 N–H and O–H groups in total. The van der Waals surface area contributed by atoms with E-state index < -0.39 is 28.9 Å². The predicted molar refractivity (Wildman–Crippen MR) is 59.8 cm³/mol. The third kappa shape index (κ3) is 3.82. The number of carbonyl (C=O) groups excluding carboxylic acids is 1. The SMILES string of the molecule is CC(C)CCC(=O)c1cc(C(F)(F)F)ccc1F. The second-order valence-electron chi connectivity index (χ2n) is 4.55. The van der Waals surface area contributed by atoms with Crippen molar-refractivity contribution in [2.75, 3.05) is 0 Å². The standard InChI is InChI=1S/C13H14F4O/c1-8(2)3-6-12(18)10-7-9(13(15,16)17)4-5-11(10)14/h4-5,7-8H,3,6H2,1-2H3. The zero-order chi connectivity index (χ0) is 13.9. The maximum Gasteiger partial charge on any atom is 0.416 e. The molecule has 0 aliphatic rings. The maximum absolute atomic E-state index is 13.3. The molecule has 0 radical (unpaired) electrons. The zero-order valence-electron chi connectivity index (χ0n) is 10.1. The Balaban J connectivity index is 2.97. The predicted octanol–water partition coefficient (Wildman–Crippen LogP) is 4.46. The lowest BCUT2D eigenvalue weighted by Gasteiger charge is -2.09. The summed E-state index contributed by atoms with van der Waals surface area (Å²) in [6.07, 6.45) is -3.99. The summed E-state index contributed by atoms with van der Waals surface area (Å²) in [7, 11) is 0. The molecule has 0 amide bonds. The van der Waals surface area contributed by atoms with Crippen molar-refractivity contribution < 1.29 is 22.4 Å². The van der Waals surface area contributed by atoms with E-state index in [1.54, 1.807) is 0 Å². The molecule has 1 rings (SSSR count). The monoisotopic (exact) mass is 262 g/mol. The van der Waals surface area contributed by atoms with Crippen LogP contribution >= 0.6 is 0 Å². The number of hydrogen-bond donors (Lipinski definition) is 0. The van der Waals surface area contributed by atoms with E-state index in [-0.39, 0.29) is 12.3 Å². The highest BCUT2D eigenvalue weighted by molar-refractivity contribution is 5.96. The van der Waals surface area contributed by atoms with Crippen molar-refractivity contribution in [3.63, 3.8) is 0 Å². The summed E-state index contributed by atoms with van der Waals surface area (Å²) in [4.78, 5) is 11.6. The van der Waals surface area contributed by atoms with Crippen molar-refractivity contribution in [1.82, 2.24) is 0 Å². The summed E-state index contributed by atoms with van der Waals surface area (Å²) < 4.78 is 50.7. The lowest BCUT2D eigenvalue weighted by molar-refractivity contribution is -0.137. The van der Waals surface area contributed by atoms with E-state index in [0.717, 1.165) is 0 Å². The van der Waals surface area contributed by atoms with Crippen molar-refractivity contribution in [2.24, 2.45) is 5.92 Å². The minimum Gasteiger partial charge on any atom is -0.294 e. The van der Waals surface area contributed by atoms with Crippen LogP contribution in [0.5, 0.6) is 0 Å². The normalized spacial score (nSPS) is 11.9. The van der Waals surface area contributed by atoms with Crippen LogP contribution in [0.4, 0.5) is 17.6 Å². The van der Waals surface area contributed by atoms with Crippen LogP contribution in [0, 0.1) is 11.7 Å². The van der Waals surface area contributed by atoms with Gasteiger partial charge in [-0.2, -0.15) is 13.2 Å². The average Bonchev–Trinajstić information content (AvgIpc) is 2.24. The van der Waals surface area contributed by atoms with Gasteiger partial charge in [-0.05, 0) is 30.5 Å². The summed E-state index contributed by atoms with van der Waals surface area (Å²) >= 11 is 0. The van der Waals surface area contributed by atoms with Gasteiger partial charge in [0.05, 0.1) is 11.1 Å². The minimum atomic E-state index is -4.57. The quantitative estimate of drug-likeness (QED) is 0.578. The van der Waals surface area contributed by atoms with Crippen LogP contribution in [0.3, 0.4) is 0 Å². The maximum atomic E-state index is 13.3. The summed E-state index contributed by atoms with van der Waals surface area (Å²) in [5.74, 6) is -1.26. The number of halogens is 4. The van der Waals surface area contributed by atoms with Crippen LogP contribution in [0.15, 0.2) is 18.2 Å². The second-order valence-corrected chi connectivity index (χ2v) is 4.55. The fraction of sp³-hybridized carbons (Fsp3) is 0.462. The third-order valence-corrected chi connectivity index (χ3v) is 2.54. The Morgan fingerprint density at radius 3 is 2.39 bits per heavy atom. The van der Waals surface area contributed by atoms with E-state index >= 15 is 0 Å². The van der Waals surface area contributed by atoms with Gasteiger partial charge in [-0.1, -0.05) is 13.8 Å². The number of carbonyl (C=O) groups is 1. The molecule has 1 aromatic rings. The van der Waals surface area contributed by atoms with Crippen molar-refractivity contribution in [3.8, 4) is 0 Å². The summed E-state index contributed by atoms with van der Waals surface area (Å²) in [5, 5.41) is 0. The van der Waals surface area contributed by atoms with Gasteiger partial charge in [0, 0.05) is 6.42 Å². The fourth-order valence-electron chi connectivity index (χ4n) is 1.47. The first-order valence-electron chi connectivity index (χ1n) is 5.61. The van der Waals surface area contributed by atoms with Gasteiger partial charge < -0.3 is 0 Å². The van der Waals surface area contributed by atoms with Crippen molar-refractivity contribution in [1.29, 1.82) is 0 Å². The van der Waals surface area contributed by atoms with Crippen molar-refractivity contribution >= 4 is 5.78 Å². The van der Waals surface area contributed by atoms with Gasteiger partial charge >= 0.3 is 6.18 Å². The summed E-state index contributed by atoms with van der Waals surface area (Å²) in [5.41, 5.74) is -1.48. The molecular weight excluding hydrogens is 248 g/mol. The molecule has 100 valence electrons. The Morgan fingerprint density at radius 2 is 1.89 bits per heavy atom. The molecule has 0 saturated heterocycles. The van der Waals surface area contributed by atoms with Crippen molar-refractivity contribution in [3.05, 3.63) is 35.1 Å². The zero-order valence-corrected chi connectivity index (χ0v) is 10.1. The highest BCUT2D eigenvalue weighted by Crippen LogP contribution is 2.30. The molecule has 0 fully saturated rings. The molecule has 18 heavy (non-hydrogen) atoms. The highest BCUT2D eigenvalue weighted by atomic mass is 19.4. The van der Waals surface area contributed by atoms with E-state index in [1.807, 2.05) is 13.8 Å². The van der Waals surface area contributed by atoms with Crippen molar-refractivity contribution in [2.45, 2.75) is 32.9 Å². The molecule has 0 saturated carbocycles. The molecule has 0 aliphatic carbocycles. The van der Waals surface area contributed by atoms with E-state index in [9.17, 15) is 22.4 Å². The van der Waals surface area contributed by atoms with Gasteiger partial charge in [0.25, 0.3) is 0 Å². The first kappa shape index (κ1) is 14.7. The Morgan fingerprint density at radius 1 is 1.28 bits per heavy atom. The largest absolute Gasteiger partial charge is 0.416 e. The molecule has 0 heterocycles. The highest BCUT2D eigenvalue weighted by Gasteiger charge is 2.31. The molecule has 0 spiro atoms. The Bertz CT molecular complexity index is 435. The lowest BCUT2D eigenvalue weighted by atomic mass is 9.99. The number of Topliss-reactive ketones (excluding diaryl/α,β-unsaturated/α-hetero) is 1. The first-order chi connectivity index (χ1) is 8.21. The molecule has 0 bridgehead atoms. The molecule has 0 unspecified atom stereocenters. The molecule has 1 aromatic carbocycles. The van der Waals surface area contributed by atoms with Gasteiger partial charge in [-0.25, -0.2) is 4.39 Å². The molecular formula is C13H14F4O. The number of ketones is 1. The molecule has 5 heteroatoms. The van der Waals surface area contributed by atoms with Crippen LogP contribution in [0.25, 0.3) is 0 Å². The van der Waals surface area contributed by atoms with Gasteiger partial charge in [0.1, 0.15) is 5.82 Å². The Hall–Kier alpha value is -1.39. The lowest BCUT2D eigenvalue weighted by Crippen LogP contribution is -2.10. The van der Waals surface area contributed by atoms with Crippen LogP contribution in [-0.2, 0) is 6.18 Å². The van der Waals surface area contributed by atoms with E-state index in [0.29, 0.717) is 24.6 Å². The van der Waals surface area contributed by atoms with E-state index in [4.69, 9.17) is 0 Å². The van der Waals surface area contributed by atoms with Gasteiger partial charge in [0.2, 0.25) is 0 Å². The average molecular weight is 262 g/mol. The number of benzene rings is 1. The molecule has 0 atom stereocenters. The van der Waals surface area contributed by atoms with E-state index in [1.165, 1.54) is 0 Å². The van der Waals surface area contributed by atoms with Gasteiger partial charge in [-0.3, -0.25) is 4.79 Å². The Kier molecular flexibility index (Phi) is 4.48. The smallest absolute Gasteiger partial charge is 0.294 e. The summed E-state index contributed by atoms with van der Waals surface area (Å²) in [6, 6.07) is 1.90. The fourth-order valence-corrected chi connectivity index (χ4v) is 1.47. The number of rotatable bonds is 4. The van der Waals surface area contributed by atoms with Gasteiger partial charge in [0.15, 0.2) is 5.78 Å². The molecule has 0 aliphatic heterocycles. The van der Waals surface area contributed by atoms with E-state index in [2.05, 4.69) is 0 Å².